The fourth-order valence-electron chi connectivity index (χ4n) is 1.41. The molecular weight excluding hydrogens is 296 g/mol. The lowest BCUT2D eigenvalue weighted by Crippen LogP contribution is -2.27. The topological polar surface area (TPSA) is 77.6 Å². The Balaban J connectivity index is 1.61. The number of aromatic nitrogens is 5. The van der Waals surface area contributed by atoms with Crippen molar-refractivity contribution >= 4 is 29.4 Å². The molecule has 0 radical (unpaired) electrons. The molecule has 1 amide bonds. The molecule has 2 aromatic heterocycles. The summed E-state index contributed by atoms with van der Waals surface area (Å²) in [6.45, 7) is 0.621. The first kappa shape index (κ1) is 14.9. The predicted octanol–water partition coefficient (Wildman–Crippen LogP) is 0.549. The van der Waals surface area contributed by atoms with Gasteiger partial charge in [-0.1, -0.05) is 23.5 Å². The van der Waals surface area contributed by atoms with Gasteiger partial charge in [-0.25, -0.2) is 4.98 Å². The number of nitrogens with one attached hydrogen (secondary N) is 1. The van der Waals surface area contributed by atoms with Crippen LogP contribution in [-0.2, 0) is 18.9 Å². The SMILES string of the molecule is Cn1ccnc1SCCNC(=O)CSc1nncn1C. The smallest absolute Gasteiger partial charge is 0.230 e. The molecule has 0 aliphatic heterocycles. The number of carbonyl (C=O) groups excluding carboxylic acids is 1. The van der Waals surface area contributed by atoms with Gasteiger partial charge in [-0.2, -0.15) is 0 Å². The van der Waals surface area contributed by atoms with Crippen LogP contribution in [-0.4, -0.2) is 48.3 Å². The average molecular weight is 312 g/mol. The molecule has 2 heterocycles. The summed E-state index contributed by atoms with van der Waals surface area (Å²) < 4.78 is 3.74. The van der Waals surface area contributed by atoms with E-state index in [-0.39, 0.29) is 5.91 Å². The molecule has 20 heavy (non-hydrogen) atoms. The monoisotopic (exact) mass is 312 g/mol. The summed E-state index contributed by atoms with van der Waals surface area (Å²) in [7, 11) is 3.80. The molecule has 0 aliphatic carbocycles. The summed E-state index contributed by atoms with van der Waals surface area (Å²) >= 11 is 2.99. The Morgan fingerprint density at radius 1 is 1.30 bits per heavy atom. The predicted molar refractivity (Wildman–Crippen MR) is 78.7 cm³/mol. The molecule has 0 bridgehead atoms. The molecule has 2 aromatic rings. The van der Waals surface area contributed by atoms with E-state index in [1.165, 1.54) is 11.8 Å². The van der Waals surface area contributed by atoms with Gasteiger partial charge in [-0.15, -0.1) is 10.2 Å². The second kappa shape index (κ2) is 7.34. The maximum atomic E-state index is 11.7. The number of aryl methyl sites for hydroxylation is 2. The minimum absolute atomic E-state index is 0.00144. The summed E-state index contributed by atoms with van der Waals surface area (Å²) in [6, 6.07) is 0. The van der Waals surface area contributed by atoms with E-state index >= 15 is 0 Å². The molecule has 0 fully saturated rings. The van der Waals surface area contributed by atoms with Crippen molar-refractivity contribution in [1.29, 1.82) is 0 Å². The lowest BCUT2D eigenvalue weighted by atomic mass is 10.6. The van der Waals surface area contributed by atoms with Crippen LogP contribution in [0.4, 0.5) is 0 Å². The number of hydrogen-bond donors (Lipinski definition) is 1. The zero-order valence-electron chi connectivity index (χ0n) is 11.3. The molecule has 108 valence electrons. The second-order valence-corrected chi connectivity index (χ2v) is 6.04. The maximum absolute atomic E-state index is 11.7. The highest BCUT2D eigenvalue weighted by Crippen LogP contribution is 2.14. The average Bonchev–Trinajstić information content (AvgIpc) is 3.01. The minimum atomic E-state index is -0.00144. The van der Waals surface area contributed by atoms with Crippen LogP contribution in [0.25, 0.3) is 0 Å². The summed E-state index contributed by atoms with van der Waals surface area (Å²) in [6.07, 6.45) is 5.28. The van der Waals surface area contributed by atoms with Crippen molar-refractivity contribution in [2.24, 2.45) is 14.1 Å². The lowest BCUT2D eigenvalue weighted by molar-refractivity contribution is -0.118. The van der Waals surface area contributed by atoms with Crippen molar-refractivity contribution in [3.63, 3.8) is 0 Å². The molecule has 1 N–H and O–H groups in total. The fraction of sp³-hybridized carbons (Fsp3) is 0.455. The quantitative estimate of drug-likeness (QED) is 0.594. The molecule has 0 aliphatic rings. The Kier molecular flexibility index (Phi) is 5.48. The Labute approximate surface area is 125 Å². The van der Waals surface area contributed by atoms with Crippen LogP contribution in [0.1, 0.15) is 0 Å². The molecule has 7 nitrogen and oxygen atoms in total. The Morgan fingerprint density at radius 2 is 2.15 bits per heavy atom. The molecule has 0 spiro atoms. The van der Waals surface area contributed by atoms with Gasteiger partial charge in [-0.3, -0.25) is 4.79 Å². The van der Waals surface area contributed by atoms with Gasteiger partial charge in [0.25, 0.3) is 0 Å². The van der Waals surface area contributed by atoms with Gasteiger partial charge in [-0.05, 0) is 0 Å². The van der Waals surface area contributed by atoms with Gasteiger partial charge < -0.3 is 14.5 Å². The van der Waals surface area contributed by atoms with Crippen LogP contribution in [0.5, 0.6) is 0 Å². The number of carbonyl (C=O) groups is 1. The first-order valence-corrected chi connectivity index (χ1v) is 7.97. The van der Waals surface area contributed by atoms with E-state index in [9.17, 15) is 4.79 Å². The third-order valence-corrected chi connectivity index (χ3v) is 4.53. The highest BCUT2D eigenvalue weighted by Gasteiger charge is 2.06. The number of imidazole rings is 1. The standard InChI is InChI=1S/C11H16N6OS2/c1-16-5-3-13-10(16)19-6-4-12-9(18)7-20-11-15-14-8-17(11)2/h3,5,8H,4,6-7H2,1-2H3,(H,12,18). The van der Waals surface area contributed by atoms with Crippen molar-refractivity contribution in [2.75, 3.05) is 18.1 Å². The zero-order chi connectivity index (χ0) is 14.4. The van der Waals surface area contributed by atoms with E-state index in [2.05, 4.69) is 20.5 Å². The van der Waals surface area contributed by atoms with Crippen LogP contribution in [0.2, 0.25) is 0 Å². The van der Waals surface area contributed by atoms with Gasteiger partial charge in [0, 0.05) is 38.8 Å². The third-order valence-electron chi connectivity index (χ3n) is 2.43. The second-order valence-electron chi connectivity index (χ2n) is 4.03. The minimum Gasteiger partial charge on any atom is -0.355 e. The lowest BCUT2D eigenvalue weighted by Gasteiger charge is -2.05. The molecule has 0 atom stereocenters. The molecule has 0 saturated carbocycles. The van der Waals surface area contributed by atoms with Gasteiger partial charge in [0.1, 0.15) is 6.33 Å². The molecule has 0 aromatic carbocycles. The van der Waals surface area contributed by atoms with E-state index in [0.29, 0.717) is 12.3 Å². The first-order valence-electron chi connectivity index (χ1n) is 6.00. The Morgan fingerprint density at radius 3 is 2.80 bits per heavy atom. The highest BCUT2D eigenvalue weighted by atomic mass is 32.2. The van der Waals surface area contributed by atoms with E-state index in [0.717, 1.165) is 16.1 Å². The number of thioether (sulfide) groups is 2. The van der Waals surface area contributed by atoms with Gasteiger partial charge in [0.05, 0.1) is 5.75 Å². The summed E-state index contributed by atoms with van der Waals surface area (Å²) in [4.78, 5) is 15.9. The van der Waals surface area contributed by atoms with Crippen LogP contribution < -0.4 is 5.32 Å². The van der Waals surface area contributed by atoms with Crippen LogP contribution >= 0.6 is 23.5 Å². The molecular formula is C11H16N6OS2. The Bertz CT molecular complexity index is 567. The molecule has 2 rings (SSSR count). The van der Waals surface area contributed by atoms with Crippen LogP contribution in [0, 0.1) is 0 Å². The molecule has 0 unspecified atom stereocenters. The maximum Gasteiger partial charge on any atom is 0.230 e. The normalized spacial score (nSPS) is 10.7. The van der Waals surface area contributed by atoms with Gasteiger partial charge >= 0.3 is 0 Å². The van der Waals surface area contributed by atoms with Crippen molar-refractivity contribution in [1.82, 2.24) is 29.6 Å². The largest absolute Gasteiger partial charge is 0.355 e. The van der Waals surface area contributed by atoms with E-state index in [4.69, 9.17) is 0 Å². The molecule has 9 heteroatoms. The third kappa shape index (κ3) is 4.27. The Hall–Kier alpha value is -1.48. The molecule has 0 saturated heterocycles. The van der Waals surface area contributed by atoms with Crippen molar-refractivity contribution in [3.8, 4) is 0 Å². The van der Waals surface area contributed by atoms with Crippen molar-refractivity contribution in [3.05, 3.63) is 18.7 Å². The van der Waals surface area contributed by atoms with Gasteiger partial charge in [0.15, 0.2) is 10.3 Å². The number of amides is 1. The highest BCUT2D eigenvalue weighted by molar-refractivity contribution is 7.99. The fourth-order valence-corrected chi connectivity index (χ4v) is 2.91. The van der Waals surface area contributed by atoms with Crippen LogP contribution in [0.15, 0.2) is 29.0 Å². The van der Waals surface area contributed by atoms with Crippen molar-refractivity contribution < 1.29 is 4.79 Å². The van der Waals surface area contributed by atoms with Crippen molar-refractivity contribution in [2.45, 2.75) is 10.3 Å². The number of hydrogen-bond acceptors (Lipinski definition) is 6. The first-order chi connectivity index (χ1) is 9.66. The summed E-state index contributed by atoms with van der Waals surface area (Å²) in [5.41, 5.74) is 0. The summed E-state index contributed by atoms with van der Waals surface area (Å²) in [5, 5.41) is 12.2. The van der Waals surface area contributed by atoms with E-state index < -0.39 is 0 Å². The van der Waals surface area contributed by atoms with Crippen LogP contribution in [0.3, 0.4) is 0 Å². The van der Waals surface area contributed by atoms with Gasteiger partial charge in [0.2, 0.25) is 5.91 Å². The van der Waals surface area contributed by atoms with E-state index in [1.54, 1.807) is 28.9 Å². The number of rotatable bonds is 7. The number of nitrogens with zero attached hydrogens (tertiary/aromatic N) is 5. The zero-order valence-corrected chi connectivity index (χ0v) is 12.9. The summed E-state index contributed by atoms with van der Waals surface area (Å²) in [5.74, 6) is 1.14. The van der Waals surface area contributed by atoms with E-state index in [1.807, 2.05) is 24.9 Å².